The Morgan fingerprint density at radius 3 is 0.592 bits per heavy atom. The van der Waals surface area contributed by atoms with Crippen LogP contribution in [-0.2, 0) is 0 Å². The highest BCUT2D eigenvalue weighted by Gasteiger charge is 2.53. The monoisotopic (exact) mass is 643 g/mol. The van der Waals surface area contributed by atoms with Crippen molar-refractivity contribution in [1.29, 1.82) is 0 Å². The molecule has 0 heterocycles. The summed E-state index contributed by atoms with van der Waals surface area (Å²) in [6, 6.07) is 80.3. The molecule has 8 aromatic carbocycles. The second-order valence-corrected chi connectivity index (χ2v) is 15.5. The van der Waals surface area contributed by atoms with E-state index in [-0.39, 0.29) is 0 Å². The zero-order valence-electron chi connectivity index (χ0n) is 27.2. The average Bonchev–Trinajstić information content (AvgIpc) is 3.20. The maximum atomic E-state index is 2.40. The Labute approximate surface area is 290 Å². The van der Waals surface area contributed by atoms with Crippen LogP contribution in [0.25, 0.3) is 44.5 Å². The van der Waals surface area contributed by atoms with Crippen LogP contribution in [-0.4, -0.2) is 0 Å². The zero-order chi connectivity index (χ0) is 32.9. The van der Waals surface area contributed by atoms with Gasteiger partial charge < -0.3 is 0 Å². The van der Waals surface area contributed by atoms with Crippen LogP contribution in [0.5, 0.6) is 0 Å². The lowest BCUT2D eigenvalue weighted by Crippen LogP contribution is -2.41. The van der Waals surface area contributed by atoms with Gasteiger partial charge in [-0.15, -0.1) is 0 Å². The fourth-order valence-electron chi connectivity index (χ4n) is 7.29. The van der Waals surface area contributed by atoms with E-state index in [2.05, 4.69) is 218 Å². The van der Waals surface area contributed by atoms with Crippen molar-refractivity contribution in [2.24, 2.45) is 0 Å². The van der Waals surface area contributed by atoms with E-state index in [4.69, 9.17) is 0 Å². The molecule has 0 N–H and O–H groups in total. The number of hydrogen-bond donors (Lipinski definition) is 0. The van der Waals surface area contributed by atoms with Gasteiger partial charge in [-0.2, -0.15) is 0 Å². The van der Waals surface area contributed by atoms with Gasteiger partial charge in [0.15, 0.2) is 0 Å². The Hall–Kier alpha value is -5.81. The molecule has 0 saturated carbocycles. The molecular weight excluding hydrogens is 608 g/mol. The van der Waals surface area contributed by atoms with Crippen molar-refractivity contribution in [3.63, 3.8) is 0 Å². The van der Waals surface area contributed by atoms with E-state index in [0.29, 0.717) is 0 Å². The van der Waals surface area contributed by atoms with Gasteiger partial charge in [0.1, 0.15) is 28.5 Å². The van der Waals surface area contributed by atoms with Gasteiger partial charge in [-0.25, -0.2) is 0 Å². The predicted octanol–water partition coefficient (Wildman–Crippen LogP) is 11.0. The molecular formula is C48H36P+. The summed E-state index contributed by atoms with van der Waals surface area (Å²) < 4.78 is 0. The SMILES string of the molecule is c1ccc(-c2ccccc2[P+](c2ccccc2-c2ccccc2)(c2ccccc2-c2ccccc2)c2ccccc2-c2ccccc2)cc1. The predicted molar refractivity (Wildman–Crippen MR) is 213 cm³/mol. The summed E-state index contributed by atoms with van der Waals surface area (Å²) in [5.74, 6) is 0. The van der Waals surface area contributed by atoms with Crippen LogP contribution in [0.3, 0.4) is 0 Å². The van der Waals surface area contributed by atoms with Crippen LogP contribution in [0.15, 0.2) is 218 Å². The maximum Gasteiger partial charge on any atom is 0.146 e. The molecule has 0 spiro atoms. The molecule has 1 heteroatoms. The molecule has 0 fully saturated rings. The Morgan fingerprint density at radius 2 is 0.367 bits per heavy atom. The normalized spacial score (nSPS) is 11.3. The Kier molecular flexibility index (Phi) is 8.55. The van der Waals surface area contributed by atoms with Crippen molar-refractivity contribution in [1.82, 2.24) is 0 Å². The third-order valence-corrected chi connectivity index (χ3v) is 13.9. The third kappa shape index (κ3) is 5.61. The summed E-state index contributed by atoms with van der Waals surface area (Å²) in [6.45, 7) is 0. The van der Waals surface area contributed by atoms with E-state index >= 15 is 0 Å². The van der Waals surface area contributed by atoms with Crippen LogP contribution in [0.1, 0.15) is 0 Å². The van der Waals surface area contributed by atoms with E-state index < -0.39 is 7.26 Å². The Bertz CT molecular complexity index is 1970. The highest BCUT2D eigenvalue weighted by atomic mass is 31.2. The van der Waals surface area contributed by atoms with E-state index in [0.717, 1.165) is 0 Å². The molecule has 8 rings (SSSR count). The lowest BCUT2D eigenvalue weighted by atomic mass is 10.1. The average molecular weight is 644 g/mol. The van der Waals surface area contributed by atoms with Crippen LogP contribution in [0.4, 0.5) is 0 Å². The van der Waals surface area contributed by atoms with Crippen molar-refractivity contribution >= 4 is 28.5 Å². The zero-order valence-corrected chi connectivity index (χ0v) is 28.1. The first kappa shape index (κ1) is 30.5. The standard InChI is InChI=1S/C48H36P/c1-5-21-37(22-6-1)41-29-13-17-33-45(41)49(46-34-18-14-30-42(46)38-23-7-2-8-24-38,47-35-19-15-31-43(47)39-25-9-3-10-26-39)48-36-20-16-32-44(48)40-27-11-4-12-28-40/h1-36H/q+1. The molecule has 0 saturated heterocycles. The van der Waals surface area contributed by atoms with Crippen LogP contribution < -0.4 is 21.2 Å². The van der Waals surface area contributed by atoms with E-state index in [1.165, 1.54) is 65.7 Å². The second kappa shape index (κ2) is 13.7. The molecule has 0 nitrogen and oxygen atoms in total. The van der Waals surface area contributed by atoms with Gasteiger partial charge in [-0.05, 0) is 46.5 Å². The summed E-state index contributed by atoms with van der Waals surface area (Å²) in [4.78, 5) is 0. The van der Waals surface area contributed by atoms with Crippen molar-refractivity contribution in [2.75, 3.05) is 0 Å². The Balaban J connectivity index is 1.63. The molecule has 0 bridgehead atoms. The number of benzene rings is 8. The topological polar surface area (TPSA) is 0 Å². The molecule has 232 valence electrons. The lowest BCUT2D eigenvalue weighted by Gasteiger charge is -2.33. The first-order valence-electron chi connectivity index (χ1n) is 16.8. The van der Waals surface area contributed by atoms with E-state index in [9.17, 15) is 0 Å². The van der Waals surface area contributed by atoms with Gasteiger partial charge >= 0.3 is 0 Å². The molecule has 0 radical (unpaired) electrons. The first-order valence-corrected chi connectivity index (χ1v) is 18.6. The largest absolute Gasteiger partial charge is 0.146 e. The maximum absolute atomic E-state index is 2.72. The highest BCUT2D eigenvalue weighted by Crippen LogP contribution is 2.60. The van der Waals surface area contributed by atoms with Crippen molar-refractivity contribution < 1.29 is 0 Å². The minimum Gasteiger partial charge on any atom is -0.0622 e. The minimum atomic E-state index is -2.72. The van der Waals surface area contributed by atoms with Gasteiger partial charge in [0.2, 0.25) is 0 Å². The molecule has 49 heavy (non-hydrogen) atoms. The number of rotatable bonds is 8. The van der Waals surface area contributed by atoms with Crippen LogP contribution in [0.2, 0.25) is 0 Å². The van der Waals surface area contributed by atoms with Crippen molar-refractivity contribution in [3.8, 4) is 44.5 Å². The summed E-state index contributed by atoms with van der Waals surface area (Å²) in [5.41, 5.74) is 9.89. The van der Waals surface area contributed by atoms with Gasteiger partial charge in [-0.1, -0.05) is 194 Å². The van der Waals surface area contributed by atoms with Crippen molar-refractivity contribution in [3.05, 3.63) is 218 Å². The molecule has 0 aliphatic heterocycles. The number of hydrogen-bond acceptors (Lipinski definition) is 0. The van der Waals surface area contributed by atoms with E-state index in [1.54, 1.807) is 0 Å². The first-order chi connectivity index (χ1) is 24.4. The molecule has 0 aliphatic rings. The lowest BCUT2D eigenvalue weighted by molar-refractivity contribution is 1.61. The fourth-order valence-corrected chi connectivity index (χ4v) is 12.3. The van der Waals surface area contributed by atoms with Gasteiger partial charge in [-0.3, -0.25) is 0 Å². The summed E-state index contributed by atoms with van der Waals surface area (Å²) >= 11 is 0. The third-order valence-electron chi connectivity index (χ3n) is 9.40. The van der Waals surface area contributed by atoms with Gasteiger partial charge in [0, 0.05) is 22.3 Å². The van der Waals surface area contributed by atoms with Crippen LogP contribution in [0, 0.1) is 0 Å². The molecule has 0 unspecified atom stereocenters. The summed E-state index contributed by atoms with van der Waals surface area (Å²) in [5, 5.41) is 5.38. The van der Waals surface area contributed by atoms with Gasteiger partial charge in [0.25, 0.3) is 0 Å². The quantitative estimate of drug-likeness (QED) is 0.145. The molecule has 0 aliphatic carbocycles. The molecule has 0 atom stereocenters. The molecule has 0 aromatic heterocycles. The summed E-state index contributed by atoms with van der Waals surface area (Å²) in [7, 11) is -2.72. The Morgan fingerprint density at radius 1 is 0.184 bits per heavy atom. The van der Waals surface area contributed by atoms with E-state index in [1.807, 2.05) is 0 Å². The molecule has 0 amide bonds. The van der Waals surface area contributed by atoms with Crippen molar-refractivity contribution in [2.45, 2.75) is 0 Å². The minimum absolute atomic E-state index is 1.22. The highest BCUT2D eigenvalue weighted by molar-refractivity contribution is 8.02. The van der Waals surface area contributed by atoms with Crippen LogP contribution >= 0.6 is 7.26 Å². The smallest absolute Gasteiger partial charge is 0.0622 e. The van der Waals surface area contributed by atoms with Gasteiger partial charge in [0.05, 0.1) is 0 Å². The fraction of sp³-hybridized carbons (Fsp3) is 0. The second-order valence-electron chi connectivity index (χ2n) is 12.2. The molecule has 8 aromatic rings. The summed E-state index contributed by atoms with van der Waals surface area (Å²) in [6.07, 6.45) is 0.